The molecule has 0 atom stereocenters. The van der Waals surface area contributed by atoms with E-state index in [1.807, 2.05) is 0 Å². The monoisotopic (exact) mass is 384 g/mol. The molecule has 0 aromatic heterocycles. The number of nitro benzene ring substituents is 1. The molecule has 26 heavy (non-hydrogen) atoms. The van der Waals surface area contributed by atoms with Crippen molar-refractivity contribution >= 4 is 23.4 Å². The van der Waals surface area contributed by atoms with Gasteiger partial charge in [0.05, 0.1) is 10.5 Å². The predicted molar refractivity (Wildman–Crippen MR) is 92.4 cm³/mol. The lowest BCUT2D eigenvalue weighted by Gasteiger charge is -2.13. The molecule has 9 heteroatoms. The average molecular weight is 384 g/mol. The Bertz CT molecular complexity index is 825. The number of halogens is 3. The highest BCUT2D eigenvalue weighted by molar-refractivity contribution is 7.98. The van der Waals surface area contributed by atoms with Crippen LogP contribution in [0.2, 0.25) is 0 Å². The molecule has 2 rings (SSSR count). The normalized spacial score (nSPS) is 11.2. The molecule has 0 saturated carbocycles. The Balaban J connectivity index is 2.12. The van der Waals surface area contributed by atoms with Crippen LogP contribution in [0.3, 0.4) is 0 Å². The van der Waals surface area contributed by atoms with Crippen molar-refractivity contribution in [3.63, 3.8) is 0 Å². The quantitative estimate of drug-likeness (QED) is 0.458. The molecule has 1 N–H and O–H groups in total. The van der Waals surface area contributed by atoms with Crippen LogP contribution < -0.4 is 5.32 Å². The van der Waals surface area contributed by atoms with Crippen LogP contribution in [0.5, 0.6) is 0 Å². The van der Waals surface area contributed by atoms with Crippen LogP contribution >= 0.6 is 11.8 Å². The van der Waals surface area contributed by atoms with Crippen LogP contribution in [0, 0.1) is 10.1 Å². The molecule has 0 saturated heterocycles. The molecule has 0 unspecified atom stereocenters. The first-order chi connectivity index (χ1) is 12.2. The number of rotatable bonds is 6. The Morgan fingerprint density at radius 3 is 2.54 bits per heavy atom. The largest absolute Gasteiger partial charge is 0.416 e. The number of nitro groups is 1. The van der Waals surface area contributed by atoms with Crippen molar-refractivity contribution < 1.29 is 22.9 Å². The van der Waals surface area contributed by atoms with Crippen LogP contribution in [0.25, 0.3) is 0 Å². The molecule has 0 radical (unpaired) electrons. The van der Waals surface area contributed by atoms with E-state index < -0.39 is 22.6 Å². The van der Waals surface area contributed by atoms with Gasteiger partial charge in [0.2, 0.25) is 0 Å². The minimum absolute atomic E-state index is 0.0442. The summed E-state index contributed by atoms with van der Waals surface area (Å²) in [4.78, 5) is 23.3. The van der Waals surface area contributed by atoms with Crippen LogP contribution in [0.1, 0.15) is 21.5 Å². The molecule has 0 aliphatic rings. The smallest absolute Gasteiger partial charge is 0.351 e. The summed E-state index contributed by atoms with van der Waals surface area (Å²) in [6.45, 7) is -0.0768. The number of alkyl halides is 3. The van der Waals surface area contributed by atoms with Gasteiger partial charge < -0.3 is 5.32 Å². The van der Waals surface area contributed by atoms with E-state index in [9.17, 15) is 28.1 Å². The Morgan fingerprint density at radius 2 is 1.92 bits per heavy atom. The first kappa shape index (κ1) is 19.8. The molecule has 2 aromatic rings. The molecule has 0 spiro atoms. The summed E-state index contributed by atoms with van der Waals surface area (Å²) in [6.07, 6.45) is -2.76. The SMILES string of the molecule is CSc1ccc([N+](=O)[O-])c(C(=O)NCCc2ccccc2C(F)(F)F)c1. The summed E-state index contributed by atoms with van der Waals surface area (Å²) >= 11 is 1.32. The van der Waals surface area contributed by atoms with Crippen LogP contribution in [0.15, 0.2) is 47.4 Å². The molecule has 0 aliphatic carbocycles. The topological polar surface area (TPSA) is 72.2 Å². The van der Waals surface area contributed by atoms with Gasteiger partial charge in [0.15, 0.2) is 0 Å². The minimum atomic E-state index is -4.48. The molecular formula is C17H15F3N2O3S. The fraction of sp³-hybridized carbons (Fsp3) is 0.235. The van der Waals surface area contributed by atoms with E-state index in [1.165, 1.54) is 48.2 Å². The summed E-state index contributed by atoms with van der Waals surface area (Å²) in [5, 5.41) is 13.5. The summed E-state index contributed by atoms with van der Waals surface area (Å²) in [7, 11) is 0. The van der Waals surface area contributed by atoms with Crippen molar-refractivity contribution in [2.24, 2.45) is 0 Å². The second kappa shape index (κ2) is 8.22. The van der Waals surface area contributed by atoms with E-state index in [1.54, 1.807) is 6.26 Å². The van der Waals surface area contributed by atoms with E-state index in [2.05, 4.69) is 5.32 Å². The van der Waals surface area contributed by atoms with Crippen molar-refractivity contribution in [1.82, 2.24) is 5.32 Å². The third-order valence-corrected chi connectivity index (χ3v) is 4.37. The fourth-order valence-corrected chi connectivity index (χ4v) is 2.84. The van der Waals surface area contributed by atoms with Gasteiger partial charge >= 0.3 is 6.18 Å². The van der Waals surface area contributed by atoms with Crippen molar-refractivity contribution in [2.75, 3.05) is 12.8 Å². The lowest BCUT2D eigenvalue weighted by atomic mass is 10.0. The summed E-state index contributed by atoms with van der Waals surface area (Å²) in [5.74, 6) is -0.697. The Hall–Kier alpha value is -2.55. The predicted octanol–water partition coefficient (Wildman–Crippen LogP) is 4.31. The molecule has 0 fully saturated rings. The number of hydrogen-bond acceptors (Lipinski definition) is 4. The van der Waals surface area contributed by atoms with Crippen molar-refractivity contribution in [1.29, 1.82) is 0 Å². The van der Waals surface area contributed by atoms with E-state index in [0.717, 1.165) is 6.07 Å². The zero-order chi connectivity index (χ0) is 19.3. The van der Waals surface area contributed by atoms with Gasteiger partial charge in [-0.3, -0.25) is 14.9 Å². The Labute approximate surface area is 151 Å². The number of carbonyl (C=O) groups excluding carboxylic acids is 1. The average Bonchev–Trinajstić information content (AvgIpc) is 2.60. The Morgan fingerprint density at radius 1 is 1.23 bits per heavy atom. The third-order valence-electron chi connectivity index (χ3n) is 3.65. The zero-order valence-electron chi connectivity index (χ0n) is 13.7. The highest BCUT2D eigenvalue weighted by Crippen LogP contribution is 2.32. The molecule has 5 nitrogen and oxygen atoms in total. The van der Waals surface area contributed by atoms with Crippen LogP contribution in [-0.2, 0) is 12.6 Å². The molecule has 0 heterocycles. The number of hydrogen-bond donors (Lipinski definition) is 1. The van der Waals surface area contributed by atoms with Gasteiger partial charge in [0, 0.05) is 17.5 Å². The molecule has 0 aliphatic heterocycles. The van der Waals surface area contributed by atoms with E-state index in [0.29, 0.717) is 4.90 Å². The number of amides is 1. The van der Waals surface area contributed by atoms with Gasteiger partial charge in [0.1, 0.15) is 5.56 Å². The Kier molecular flexibility index (Phi) is 6.25. The fourth-order valence-electron chi connectivity index (χ4n) is 2.40. The second-order valence-electron chi connectivity index (χ2n) is 5.30. The number of benzene rings is 2. The first-order valence-corrected chi connectivity index (χ1v) is 8.72. The number of nitrogens with zero attached hydrogens (tertiary/aromatic N) is 1. The lowest BCUT2D eigenvalue weighted by molar-refractivity contribution is -0.385. The summed E-state index contributed by atoms with van der Waals surface area (Å²) in [6, 6.07) is 9.25. The lowest BCUT2D eigenvalue weighted by Crippen LogP contribution is -2.27. The summed E-state index contributed by atoms with van der Waals surface area (Å²) in [5.41, 5.74) is -1.18. The van der Waals surface area contributed by atoms with E-state index >= 15 is 0 Å². The number of thioether (sulfide) groups is 1. The maximum Gasteiger partial charge on any atom is 0.416 e. The zero-order valence-corrected chi connectivity index (χ0v) is 14.5. The maximum atomic E-state index is 13.0. The molecular weight excluding hydrogens is 369 g/mol. The van der Waals surface area contributed by atoms with E-state index in [4.69, 9.17) is 0 Å². The highest BCUT2D eigenvalue weighted by atomic mass is 32.2. The van der Waals surface area contributed by atoms with Crippen molar-refractivity contribution in [3.8, 4) is 0 Å². The molecule has 2 aromatic carbocycles. The second-order valence-corrected chi connectivity index (χ2v) is 6.18. The number of carbonyl (C=O) groups is 1. The highest BCUT2D eigenvalue weighted by Gasteiger charge is 2.32. The van der Waals surface area contributed by atoms with Crippen molar-refractivity contribution in [3.05, 3.63) is 69.3 Å². The van der Waals surface area contributed by atoms with Gasteiger partial charge in [-0.25, -0.2) is 0 Å². The summed E-state index contributed by atoms with van der Waals surface area (Å²) < 4.78 is 38.9. The minimum Gasteiger partial charge on any atom is -0.351 e. The number of nitrogens with one attached hydrogen (secondary N) is 1. The van der Waals surface area contributed by atoms with Gasteiger partial charge in [-0.05, 0) is 36.4 Å². The van der Waals surface area contributed by atoms with Crippen LogP contribution in [0.4, 0.5) is 18.9 Å². The van der Waals surface area contributed by atoms with Gasteiger partial charge in [-0.1, -0.05) is 18.2 Å². The third kappa shape index (κ3) is 4.75. The van der Waals surface area contributed by atoms with Gasteiger partial charge in [0.25, 0.3) is 11.6 Å². The van der Waals surface area contributed by atoms with Crippen molar-refractivity contribution in [2.45, 2.75) is 17.5 Å². The molecule has 138 valence electrons. The first-order valence-electron chi connectivity index (χ1n) is 7.49. The van der Waals surface area contributed by atoms with E-state index in [-0.39, 0.29) is 29.8 Å². The van der Waals surface area contributed by atoms with Crippen LogP contribution in [-0.4, -0.2) is 23.6 Å². The molecule has 0 bridgehead atoms. The molecule has 1 amide bonds. The maximum absolute atomic E-state index is 13.0. The van der Waals surface area contributed by atoms with Gasteiger partial charge in [-0.2, -0.15) is 13.2 Å². The van der Waals surface area contributed by atoms with Gasteiger partial charge in [-0.15, -0.1) is 11.8 Å². The standard InChI is InChI=1S/C17H15F3N2O3S/c1-26-12-6-7-15(22(24)25)13(10-12)16(23)21-9-8-11-4-2-3-5-14(11)17(18,19)20/h2-7,10H,8-9H2,1H3,(H,21,23).